The van der Waals surface area contributed by atoms with Crippen molar-refractivity contribution in [2.45, 2.75) is 25.7 Å². The smallest absolute Gasteiger partial charge is 0.280 e. The van der Waals surface area contributed by atoms with Gasteiger partial charge in [0.15, 0.2) is 5.65 Å². The Kier molecular flexibility index (Phi) is 4.57. The fraction of sp³-hybridized carbons (Fsp3) is 0.238. The lowest BCUT2D eigenvalue weighted by atomic mass is 10.00. The maximum Gasteiger partial charge on any atom is 0.280 e. The molecule has 4 aromatic rings. The van der Waals surface area contributed by atoms with E-state index in [1.165, 1.54) is 24.8 Å². The van der Waals surface area contributed by atoms with Crippen molar-refractivity contribution in [2.75, 3.05) is 6.61 Å². The number of ether oxygens (including phenoxy) is 1. The molecular weight excluding hydrogens is 395 g/mol. The molecule has 0 aliphatic carbocycles. The van der Waals surface area contributed by atoms with Crippen LogP contribution in [-0.2, 0) is 19.3 Å². The zero-order chi connectivity index (χ0) is 20.7. The maximum atomic E-state index is 14.4. The Morgan fingerprint density at radius 3 is 2.87 bits per heavy atom. The fourth-order valence-electron chi connectivity index (χ4n) is 3.88. The highest BCUT2D eigenvalue weighted by molar-refractivity contribution is 5.78. The van der Waals surface area contributed by atoms with E-state index in [9.17, 15) is 13.2 Å². The standard InChI is InChI=1S/C21H16F3N5O/c22-16-4-5-17-13(7-9-30-17)12(16)3-6-18-26-10-15(21-28-27-11-29(18)21)14-2-1-8-25-19(14)20(23)24/h1-2,4-5,8,10-11,20H,3,6-7,9H2. The molecule has 0 unspecified atom stereocenters. The average molecular weight is 411 g/mol. The molecule has 0 saturated heterocycles. The molecular formula is C21H16F3N5O. The molecule has 0 saturated carbocycles. The second-order valence-corrected chi connectivity index (χ2v) is 6.95. The van der Waals surface area contributed by atoms with E-state index in [0.29, 0.717) is 48.5 Å². The van der Waals surface area contributed by atoms with Crippen molar-refractivity contribution in [1.82, 2.24) is 24.6 Å². The second-order valence-electron chi connectivity index (χ2n) is 6.95. The Balaban J connectivity index is 1.51. The summed E-state index contributed by atoms with van der Waals surface area (Å²) in [7, 11) is 0. The molecule has 1 aliphatic rings. The minimum absolute atomic E-state index is 0.258. The lowest BCUT2D eigenvalue weighted by molar-refractivity contribution is 0.147. The summed E-state index contributed by atoms with van der Waals surface area (Å²) in [6.07, 6.45) is 3.10. The molecule has 1 aromatic carbocycles. The first-order valence-corrected chi connectivity index (χ1v) is 9.47. The molecule has 5 rings (SSSR count). The van der Waals surface area contributed by atoms with Crippen LogP contribution in [0.25, 0.3) is 16.8 Å². The van der Waals surface area contributed by atoms with Gasteiger partial charge in [-0.15, -0.1) is 10.2 Å². The summed E-state index contributed by atoms with van der Waals surface area (Å²) < 4.78 is 48.4. The summed E-state index contributed by atoms with van der Waals surface area (Å²) in [5, 5.41) is 8.02. The number of fused-ring (bicyclic) bond motifs is 2. The maximum absolute atomic E-state index is 14.4. The van der Waals surface area contributed by atoms with Crippen LogP contribution in [0.3, 0.4) is 0 Å². The minimum Gasteiger partial charge on any atom is -0.493 e. The molecule has 3 aromatic heterocycles. The molecule has 6 nitrogen and oxygen atoms in total. The second kappa shape index (κ2) is 7.40. The third-order valence-corrected chi connectivity index (χ3v) is 5.28. The number of nitrogens with zero attached hydrogens (tertiary/aromatic N) is 5. The summed E-state index contributed by atoms with van der Waals surface area (Å²) in [5.74, 6) is 1.06. The number of halogens is 3. The van der Waals surface area contributed by atoms with Crippen LogP contribution >= 0.6 is 0 Å². The predicted molar refractivity (Wildman–Crippen MR) is 102 cm³/mol. The molecule has 1 aliphatic heterocycles. The van der Waals surface area contributed by atoms with Crippen molar-refractivity contribution in [3.8, 4) is 16.9 Å². The largest absolute Gasteiger partial charge is 0.493 e. The highest BCUT2D eigenvalue weighted by Gasteiger charge is 2.22. The summed E-state index contributed by atoms with van der Waals surface area (Å²) >= 11 is 0. The highest BCUT2D eigenvalue weighted by atomic mass is 19.3. The quantitative estimate of drug-likeness (QED) is 0.497. The third kappa shape index (κ3) is 3.06. The number of hydrogen-bond acceptors (Lipinski definition) is 5. The van der Waals surface area contributed by atoms with Gasteiger partial charge in [-0.25, -0.2) is 18.2 Å². The van der Waals surface area contributed by atoms with Crippen LogP contribution < -0.4 is 4.74 Å². The van der Waals surface area contributed by atoms with E-state index >= 15 is 0 Å². The van der Waals surface area contributed by atoms with E-state index in [0.717, 1.165) is 11.3 Å². The molecule has 0 N–H and O–H groups in total. The molecule has 4 heterocycles. The van der Waals surface area contributed by atoms with Crippen LogP contribution in [0.5, 0.6) is 5.75 Å². The SMILES string of the molecule is Fc1ccc2c(c1CCc1ncc(-c3cccnc3C(F)F)c3nncn13)CCO2. The van der Waals surface area contributed by atoms with Gasteiger partial charge in [-0.1, -0.05) is 6.07 Å². The number of hydrogen-bond donors (Lipinski definition) is 0. The Morgan fingerprint density at radius 1 is 1.10 bits per heavy atom. The monoisotopic (exact) mass is 411 g/mol. The lowest BCUT2D eigenvalue weighted by Gasteiger charge is -2.12. The van der Waals surface area contributed by atoms with Gasteiger partial charge in [0, 0.05) is 41.9 Å². The van der Waals surface area contributed by atoms with E-state index in [4.69, 9.17) is 4.74 Å². The van der Waals surface area contributed by atoms with Crippen molar-refractivity contribution in [3.05, 3.63) is 71.4 Å². The number of benzene rings is 1. The minimum atomic E-state index is -2.73. The summed E-state index contributed by atoms with van der Waals surface area (Å²) in [5.41, 5.74) is 2.25. The van der Waals surface area contributed by atoms with E-state index in [-0.39, 0.29) is 17.1 Å². The summed E-state index contributed by atoms with van der Waals surface area (Å²) in [6.45, 7) is 0.548. The summed E-state index contributed by atoms with van der Waals surface area (Å²) in [4.78, 5) is 8.25. The number of aryl methyl sites for hydroxylation is 1. The van der Waals surface area contributed by atoms with Gasteiger partial charge >= 0.3 is 0 Å². The average Bonchev–Trinajstić information content (AvgIpc) is 3.42. The molecule has 30 heavy (non-hydrogen) atoms. The first kappa shape index (κ1) is 18.5. The van der Waals surface area contributed by atoms with E-state index in [1.807, 2.05) is 0 Å². The molecule has 0 radical (unpaired) electrons. The zero-order valence-corrected chi connectivity index (χ0v) is 15.7. The number of rotatable bonds is 5. The van der Waals surface area contributed by atoms with Crippen LogP contribution in [0.1, 0.15) is 29.1 Å². The van der Waals surface area contributed by atoms with Gasteiger partial charge in [0.1, 0.15) is 29.4 Å². The predicted octanol–water partition coefficient (Wildman–Crippen LogP) is 3.98. The van der Waals surface area contributed by atoms with E-state index in [1.54, 1.807) is 22.6 Å². The van der Waals surface area contributed by atoms with E-state index < -0.39 is 6.43 Å². The van der Waals surface area contributed by atoms with Crippen LogP contribution in [0.15, 0.2) is 43.0 Å². The van der Waals surface area contributed by atoms with Crippen LogP contribution in [0.4, 0.5) is 13.2 Å². The van der Waals surface area contributed by atoms with Crippen molar-refractivity contribution in [2.24, 2.45) is 0 Å². The Labute approximate surface area is 169 Å². The molecule has 0 bridgehead atoms. The van der Waals surface area contributed by atoms with Gasteiger partial charge in [-0.2, -0.15) is 0 Å². The van der Waals surface area contributed by atoms with Crippen molar-refractivity contribution in [3.63, 3.8) is 0 Å². The molecule has 0 atom stereocenters. The Morgan fingerprint density at radius 2 is 2.00 bits per heavy atom. The molecule has 0 spiro atoms. The number of alkyl halides is 2. The van der Waals surface area contributed by atoms with Gasteiger partial charge in [0.25, 0.3) is 6.43 Å². The first-order chi connectivity index (χ1) is 14.6. The lowest BCUT2D eigenvalue weighted by Crippen LogP contribution is -2.06. The van der Waals surface area contributed by atoms with Crippen LogP contribution in [0.2, 0.25) is 0 Å². The molecule has 0 fully saturated rings. The van der Waals surface area contributed by atoms with E-state index in [2.05, 4.69) is 20.2 Å². The molecule has 9 heteroatoms. The van der Waals surface area contributed by atoms with Crippen molar-refractivity contribution < 1.29 is 17.9 Å². The van der Waals surface area contributed by atoms with Crippen LogP contribution in [-0.4, -0.2) is 31.2 Å². The Hall–Kier alpha value is -3.49. The van der Waals surface area contributed by atoms with Gasteiger partial charge < -0.3 is 4.74 Å². The fourth-order valence-corrected chi connectivity index (χ4v) is 3.88. The Bertz CT molecular complexity index is 1240. The van der Waals surface area contributed by atoms with Crippen molar-refractivity contribution in [1.29, 1.82) is 0 Å². The first-order valence-electron chi connectivity index (χ1n) is 9.47. The van der Waals surface area contributed by atoms with Gasteiger partial charge in [0.05, 0.1) is 6.61 Å². The number of pyridine rings is 1. The third-order valence-electron chi connectivity index (χ3n) is 5.28. The number of aromatic nitrogens is 5. The normalized spacial score (nSPS) is 13.1. The molecule has 152 valence electrons. The highest BCUT2D eigenvalue weighted by Crippen LogP contribution is 2.33. The topological polar surface area (TPSA) is 65.2 Å². The summed E-state index contributed by atoms with van der Waals surface area (Å²) in [6, 6.07) is 6.21. The van der Waals surface area contributed by atoms with Crippen LogP contribution in [0, 0.1) is 5.82 Å². The van der Waals surface area contributed by atoms with Gasteiger partial charge in [-0.3, -0.25) is 9.38 Å². The molecule has 0 amide bonds. The zero-order valence-electron chi connectivity index (χ0n) is 15.7. The van der Waals surface area contributed by atoms with Gasteiger partial charge in [0.2, 0.25) is 0 Å². The van der Waals surface area contributed by atoms with Gasteiger partial charge in [-0.05, 0) is 30.2 Å². The van der Waals surface area contributed by atoms with Crippen molar-refractivity contribution >= 4 is 5.65 Å².